The van der Waals surface area contributed by atoms with Gasteiger partial charge in [0.1, 0.15) is 11.6 Å². The Morgan fingerprint density at radius 2 is 1.96 bits per heavy atom. The van der Waals surface area contributed by atoms with Crippen molar-refractivity contribution in [1.29, 1.82) is 0 Å². The third kappa shape index (κ3) is 2.81. The molecule has 0 amide bonds. The van der Waals surface area contributed by atoms with E-state index in [0.717, 1.165) is 28.0 Å². The Hall–Kier alpha value is -3.22. The van der Waals surface area contributed by atoms with E-state index in [1.165, 1.54) is 0 Å². The molecule has 0 fully saturated rings. The summed E-state index contributed by atoms with van der Waals surface area (Å²) < 4.78 is 5.33. The molecule has 0 saturated heterocycles. The van der Waals surface area contributed by atoms with E-state index in [1.54, 1.807) is 22.4 Å². The van der Waals surface area contributed by atoms with Gasteiger partial charge in [0.2, 0.25) is 0 Å². The Balaban J connectivity index is 1.80. The van der Waals surface area contributed by atoms with Crippen LogP contribution in [0.25, 0.3) is 16.6 Å². The summed E-state index contributed by atoms with van der Waals surface area (Å²) >= 11 is 0. The number of benzene rings is 1. The summed E-state index contributed by atoms with van der Waals surface area (Å²) in [4.78, 5) is 17.0. The smallest absolute Gasteiger partial charge is 0.252 e. The standard InChI is InChI=1S/C19H20N6O/c1-13-11-20-24(12-13)9-8-18-21-14(2)22-25(18)17-10-19(26)23(3)16-7-5-4-6-15(16)17/h4-7,10-12H,8-9H2,1-3H3. The zero-order chi connectivity index (χ0) is 18.3. The van der Waals surface area contributed by atoms with E-state index in [1.807, 2.05) is 55.2 Å². The quantitative estimate of drug-likeness (QED) is 0.567. The topological polar surface area (TPSA) is 70.5 Å². The number of rotatable bonds is 4. The Kier molecular flexibility index (Phi) is 3.91. The largest absolute Gasteiger partial charge is 0.311 e. The van der Waals surface area contributed by atoms with E-state index < -0.39 is 0 Å². The molecule has 0 aliphatic heterocycles. The number of aromatic nitrogens is 6. The van der Waals surface area contributed by atoms with Crippen molar-refractivity contribution < 1.29 is 0 Å². The minimum atomic E-state index is -0.0690. The van der Waals surface area contributed by atoms with Crippen LogP contribution in [-0.4, -0.2) is 29.1 Å². The molecule has 132 valence electrons. The molecule has 4 aromatic rings. The lowest BCUT2D eigenvalue weighted by atomic mass is 10.2. The predicted octanol–water partition coefficient (Wildman–Crippen LogP) is 2.18. The van der Waals surface area contributed by atoms with E-state index in [9.17, 15) is 4.79 Å². The van der Waals surface area contributed by atoms with Crippen LogP contribution in [0.3, 0.4) is 0 Å². The van der Waals surface area contributed by atoms with Gasteiger partial charge in [-0.05, 0) is 25.5 Å². The second-order valence-electron chi connectivity index (χ2n) is 6.46. The van der Waals surface area contributed by atoms with Crippen LogP contribution in [0.5, 0.6) is 0 Å². The predicted molar refractivity (Wildman–Crippen MR) is 99.5 cm³/mol. The van der Waals surface area contributed by atoms with Crippen LogP contribution in [0.4, 0.5) is 0 Å². The molecule has 3 aromatic heterocycles. The van der Waals surface area contributed by atoms with Crippen molar-refractivity contribution in [3.63, 3.8) is 0 Å². The van der Waals surface area contributed by atoms with Crippen molar-refractivity contribution in [1.82, 2.24) is 29.1 Å². The Labute approximate surface area is 150 Å². The lowest BCUT2D eigenvalue weighted by molar-refractivity contribution is 0.591. The number of hydrogen-bond acceptors (Lipinski definition) is 4. The summed E-state index contributed by atoms with van der Waals surface area (Å²) in [5.41, 5.74) is 2.69. The molecule has 0 aliphatic rings. The van der Waals surface area contributed by atoms with Gasteiger partial charge in [-0.2, -0.15) is 10.2 Å². The Bertz CT molecular complexity index is 1150. The van der Waals surface area contributed by atoms with Gasteiger partial charge in [-0.3, -0.25) is 9.48 Å². The molecule has 0 aliphatic carbocycles. The van der Waals surface area contributed by atoms with Gasteiger partial charge < -0.3 is 4.57 Å². The minimum Gasteiger partial charge on any atom is -0.311 e. The number of pyridine rings is 1. The van der Waals surface area contributed by atoms with Crippen molar-refractivity contribution in [2.75, 3.05) is 0 Å². The lowest BCUT2D eigenvalue weighted by Crippen LogP contribution is -2.19. The van der Waals surface area contributed by atoms with E-state index >= 15 is 0 Å². The van der Waals surface area contributed by atoms with Gasteiger partial charge >= 0.3 is 0 Å². The van der Waals surface area contributed by atoms with Crippen LogP contribution < -0.4 is 5.56 Å². The number of fused-ring (bicyclic) bond motifs is 1. The average molecular weight is 348 g/mol. The monoisotopic (exact) mass is 348 g/mol. The maximum absolute atomic E-state index is 12.4. The molecule has 0 atom stereocenters. The van der Waals surface area contributed by atoms with E-state index in [-0.39, 0.29) is 5.56 Å². The van der Waals surface area contributed by atoms with E-state index in [4.69, 9.17) is 0 Å². The lowest BCUT2D eigenvalue weighted by Gasteiger charge is -2.12. The van der Waals surface area contributed by atoms with Gasteiger partial charge in [0, 0.05) is 37.7 Å². The van der Waals surface area contributed by atoms with Crippen LogP contribution in [0, 0.1) is 13.8 Å². The zero-order valence-corrected chi connectivity index (χ0v) is 15.0. The van der Waals surface area contributed by atoms with Gasteiger partial charge in [-0.25, -0.2) is 9.67 Å². The first-order chi connectivity index (χ1) is 12.5. The number of para-hydroxylation sites is 1. The maximum Gasteiger partial charge on any atom is 0.252 e. The molecule has 7 nitrogen and oxygen atoms in total. The molecule has 0 N–H and O–H groups in total. The first-order valence-corrected chi connectivity index (χ1v) is 8.53. The Morgan fingerprint density at radius 1 is 1.15 bits per heavy atom. The molecule has 3 heterocycles. The molecule has 26 heavy (non-hydrogen) atoms. The molecule has 4 rings (SSSR count). The summed E-state index contributed by atoms with van der Waals surface area (Å²) in [6, 6.07) is 9.46. The Morgan fingerprint density at radius 3 is 2.73 bits per heavy atom. The van der Waals surface area contributed by atoms with Crippen molar-refractivity contribution in [2.24, 2.45) is 7.05 Å². The van der Waals surface area contributed by atoms with Crippen LogP contribution in [0.15, 0.2) is 47.5 Å². The third-order valence-electron chi connectivity index (χ3n) is 4.47. The SMILES string of the molecule is Cc1cnn(CCc2nc(C)nn2-c2cc(=O)n(C)c3ccccc23)c1. The van der Waals surface area contributed by atoms with Gasteiger partial charge in [-0.15, -0.1) is 0 Å². The average Bonchev–Trinajstić information content (AvgIpc) is 3.21. The highest BCUT2D eigenvalue weighted by molar-refractivity contribution is 5.87. The zero-order valence-electron chi connectivity index (χ0n) is 15.0. The molecule has 0 saturated carbocycles. The van der Waals surface area contributed by atoms with E-state index in [0.29, 0.717) is 18.8 Å². The molecule has 0 radical (unpaired) electrons. The van der Waals surface area contributed by atoms with Crippen LogP contribution in [0.2, 0.25) is 0 Å². The summed E-state index contributed by atoms with van der Waals surface area (Å²) in [6.45, 7) is 4.58. The molecule has 7 heteroatoms. The number of hydrogen-bond donors (Lipinski definition) is 0. The van der Waals surface area contributed by atoms with Gasteiger partial charge in [0.05, 0.1) is 17.4 Å². The minimum absolute atomic E-state index is 0.0690. The molecule has 0 unspecified atom stereocenters. The van der Waals surface area contributed by atoms with Gasteiger partial charge in [0.15, 0.2) is 0 Å². The fourth-order valence-electron chi connectivity index (χ4n) is 3.19. The van der Waals surface area contributed by atoms with Crippen LogP contribution >= 0.6 is 0 Å². The van der Waals surface area contributed by atoms with E-state index in [2.05, 4.69) is 15.2 Å². The van der Waals surface area contributed by atoms with Crippen molar-refractivity contribution >= 4 is 10.9 Å². The highest BCUT2D eigenvalue weighted by atomic mass is 16.1. The number of aryl methyl sites for hydroxylation is 5. The fourth-order valence-corrected chi connectivity index (χ4v) is 3.19. The summed E-state index contributed by atoms with van der Waals surface area (Å²) in [6.07, 6.45) is 4.51. The summed E-state index contributed by atoms with van der Waals surface area (Å²) in [5, 5.41) is 9.84. The van der Waals surface area contributed by atoms with Gasteiger partial charge in [-0.1, -0.05) is 18.2 Å². The molecular formula is C19H20N6O. The van der Waals surface area contributed by atoms with Gasteiger partial charge in [0.25, 0.3) is 5.56 Å². The summed E-state index contributed by atoms with van der Waals surface area (Å²) in [5.74, 6) is 1.50. The molecular weight excluding hydrogens is 328 g/mol. The third-order valence-corrected chi connectivity index (χ3v) is 4.47. The molecule has 0 spiro atoms. The second-order valence-corrected chi connectivity index (χ2v) is 6.46. The normalized spacial score (nSPS) is 11.3. The fraction of sp³-hybridized carbons (Fsp3) is 0.263. The second kappa shape index (κ2) is 6.25. The highest BCUT2D eigenvalue weighted by Gasteiger charge is 2.14. The van der Waals surface area contributed by atoms with Crippen molar-refractivity contribution in [2.45, 2.75) is 26.8 Å². The van der Waals surface area contributed by atoms with Crippen LogP contribution in [-0.2, 0) is 20.0 Å². The first-order valence-electron chi connectivity index (χ1n) is 8.53. The molecule has 1 aromatic carbocycles. The maximum atomic E-state index is 12.4. The van der Waals surface area contributed by atoms with Crippen molar-refractivity contribution in [3.8, 4) is 5.69 Å². The van der Waals surface area contributed by atoms with Crippen LogP contribution in [0.1, 0.15) is 17.2 Å². The van der Waals surface area contributed by atoms with Crippen molar-refractivity contribution in [3.05, 3.63) is 70.3 Å². The number of nitrogens with zero attached hydrogens (tertiary/aromatic N) is 6. The summed E-state index contributed by atoms with van der Waals surface area (Å²) in [7, 11) is 1.78. The highest BCUT2D eigenvalue weighted by Crippen LogP contribution is 2.21. The first kappa shape index (κ1) is 16.3. The molecule has 0 bridgehead atoms.